The molecule has 124 valence electrons. The molecular weight excluding hydrogens is 286 g/mol. The van der Waals surface area contributed by atoms with Crippen LogP contribution in [0, 0.1) is 0 Å². The molecule has 0 aromatic heterocycles. The molecule has 0 fully saturated rings. The molecule has 0 bridgehead atoms. The number of carbonyl (C=O) groups is 1. The third-order valence-electron chi connectivity index (χ3n) is 3.10. The molecule has 0 aliphatic heterocycles. The topological polar surface area (TPSA) is 66.0 Å². The number of methoxy groups -OCH3 is 2. The van der Waals surface area contributed by atoms with Crippen molar-refractivity contribution < 1.29 is 23.7 Å². The van der Waals surface area contributed by atoms with Crippen LogP contribution in [0.4, 0.5) is 4.79 Å². The van der Waals surface area contributed by atoms with Gasteiger partial charge in [-0.2, -0.15) is 0 Å². The van der Waals surface area contributed by atoms with Crippen molar-refractivity contribution >= 4 is 6.09 Å². The monoisotopic (exact) mass is 311 g/mol. The van der Waals surface area contributed by atoms with Crippen LogP contribution in [0.5, 0.6) is 5.75 Å². The lowest BCUT2D eigenvalue weighted by Crippen LogP contribution is -2.25. The lowest BCUT2D eigenvalue weighted by Gasteiger charge is -2.12. The van der Waals surface area contributed by atoms with Crippen molar-refractivity contribution in [2.45, 2.75) is 20.0 Å². The summed E-state index contributed by atoms with van der Waals surface area (Å²) >= 11 is 0. The third-order valence-corrected chi connectivity index (χ3v) is 3.10. The molecule has 0 heterocycles. The number of benzene rings is 1. The number of carbonyl (C=O) groups excluding carboxylic acids is 1. The zero-order valence-electron chi connectivity index (χ0n) is 13.5. The van der Waals surface area contributed by atoms with Crippen LogP contribution in [0.25, 0.3) is 0 Å². The van der Waals surface area contributed by atoms with Crippen molar-refractivity contribution in [3.8, 4) is 5.75 Å². The maximum absolute atomic E-state index is 11.1. The molecule has 0 unspecified atom stereocenters. The summed E-state index contributed by atoms with van der Waals surface area (Å²) in [7, 11) is 2.98. The number of hydrogen-bond acceptors (Lipinski definition) is 5. The minimum Gasteiger partial charge on any atom is -0.497 e. The fraction of sp³-hybridized carbons (Fsp3) is 0.562. The lowest BCUT2D eigenvalue weighted by molar-refractivity contribution is 0.0450. The molecule has 1 amide bonds. The van der Waals surface area contributed by atoms with E-state index >= 15 is 0 Å². The number of ether oxygens (including phenoxy) is 4. The summed E-state index contributed by atoms with van der Waals surface area (Å²) in [6, 6.07) is 5.84. The molecule has 6 heteroatoms. The van der Waals surface area contributed by atoms with Crippen molar-refractivity contribution in [1.82, 2.24) is 5.32 Å². The fourth-order valence-corrected chi connectivity index (χ4v) is 1.92. The largest absolute Gasteiger partial charge is 0.497 e. The van der Waals surface area contributed by atoms with E-state index in [0.717, 1.165) is 16.9 Å². The Labute approximate surface area is 131 Å². The first-order valence-electron chi connectivity index (χ1n) is 7.34. The van der Waals surface area contributed by atoms with E-state index in [-0.39, 0.29) is 0 Å². The highest BCUT2D eigenvalue weighted by Gasteiger charge is 2.06. The van der Waals surface area contributed by atoms with E-state index in [1.165, 1.54) is 7.11 Å². The van der Waals surface area contributed by atoms with Crippen LogP contribution < -0.4 is 10.1 Å². The molecule has 0 aliphatic rings. The molecule has 0 atom stereocenters. The van der Waals surface area contributed by atoms with Gasteiger partial charge in [0.2, 0.25) is 0 Å². The Kier molecular flexibility index (Phi) is 9.02. The predicted octanol–water partition coefficient (Wildman–Crippen LogP) is 2.15. The van der Waals surface area contributed by atoms with Crippen molar-refractivity contribution in [2.75, 3.05) is 40.6 Å². The minimum atomic E-state index is -0.428. The summed E-state index contributed by atoms with van der Waals surface area (Å²) in [6.07, 6.45) is 0.270. The van der Waals surface area contributed by atoms with Crippen LogP contribution in [-0.4, -0.2) is 46.7 Å². The summed E-state index contributed by atoms with van der Waals surface area (Å²) in [5, 5.41) is 2.67. The summed E-state index contributed by atoms with van der Waals surface area (Å²) in [4.78, 5) is 11.1. The molecule has 22 heavy (non-hydrogen) atoms. The first-order chi connectivity index (χ1) is 10.7. The molecule has 0 saturated heterocycles. The van der Waals surface area contributed by atoms with Gasteiger partial charge in [0.05, 0.1) is 34.0 Å². The SMILES string of the molecule is CCOCCOCc1cc(OC)ccc1CCNC(=O)OC. The number of nitrogens with one attached hydrogen (secondary N) is 1. The Morgan fingerprint density at radius 3 is 2.59 bits per heavy atom. The highest BCUT2D eigenvalue weighted by Crippen LogP contribution is 2.19. The van der Waals surface area contributed by atoms with Crippen LogP contribution in [0.1, 0.15) is 18.1 Å². The van der Waals surface area contributed by atoms with Gasteiger partial charge in [0, 0.05) is 13.2 Å². The molecule has 0 spiro atoms. The normalized spacial score (nSPS) is 10.3. The van der Waals surface area contributed by atoms with E-state index < -0.39 is 6.09 Å². The van der Waals surface area contributed by atoms with Crippen LogP contribution in [-0.2, 0) is 27.2 Å². The Bertz CT molecular complexity index is 450. The Morgan fingerprint density at radius 2 is 1.91 bits per heavy atom. The number of hydrogen-bond donors (Lipinski definition) is 1. The second-order valence-corrected chi connectivity index (χ2v) is 4.55. The van der Waals surface area contributed by atoms with Gasteiger partial charge in [-0.25, -0.2) is 4.79 Å². The lowest BCUT2D eigenvalue weighted by atomic mass is 10.0. The molecule has 1 aromatic carbocycles. The quantitative estimate of drug-likeness (QED) is 0.671. The number of alkyl carbamates (subject to hydrolysis) is 1. The summed E-state index contributed by atoms with van der Waals surface area (Å²) < 4.78 is 20.7. The predicted molar refractivity (Wildman–Crippen MR) is 83.3 cm³/mol. The third kappa shape index (κ3) is 6.78. The van der Waals surface area contributed by atoms with Gasteiger partial charge in [0.15, 0.2) is 0 Å². The summed E-state index contributed by atoms with van der Waals surface area (Å²) in [5.74, 6) is 0.785. The standard InChI is InChI=1S/C16H25NO5/c1-4-21-9-10-22-12-14-11-15(19-2)6-5-13(14)7-8-17-16(18)20-3/h5-6,11H,4,7-10,12H2,1-3H3,(H,17,18). The molecule has 0 aliphatic carbocycles. The van der Waals surface area contributed by atoms with Crippen LogP contribution >= 0.6 is 0 Å². The van der Waals surface area contributed by atoms with Gasteiger partial charge in [-0.1, -0.05) is 6.07 Å². The molecule has 1 rings (SSSR count). The smallest absolute Gasteiger partial charge is 0.406 e. The van der Waals surface area contributed by atoms with Gasteiger partial charge in [-0.15, -0.1) is 0 Å². The number of amides is 1. The molecular formula is C16H25NO5. The minimum absolute atomic E-state index is 0.428. The summed E-state index contributed by atoms with van der Waals surface area (Å²) in [5.41, 5.74) is 2.15. The van der Waals surface area contributed by atoms with Crippen molar-refractivity contribution in [1.29, 1.82) is 0 Å². The van der Waals surface area contributed by atoms with E-state index in [2.05, 4.69) is 10.1 Å². The highest BCUT2D eigenvalue weighted by molar-refractivity contribution is 5.66. The average Bonchev–Trinajstić information content (AvgIpc) is 2.55. The van der Waals surface area contributed by atoms with E-state index in [0.29, 0.717) is 39.4 Å². The van der Waals surface area contributed by atoms with Crippen molar-refractivity contribution in [2.24, 2.45) is 0 Å². The number of rotatable bonds is 10. The van der Waals surface area contributed by atoms with E-state index in [1.54, 1.807) is 7.11 Å². The fourth-order valence-electron chi connectivity index (χ4n) is 1.92. The Morgan fingerprint density at radius 1 is 1.14 bits per heavy atom. The molecule has 0 radical (unpaired) electrons. The first-order valence-corrected chi connectivity index (χ1v) is 7.34. The van der Waals surface area contributed by atoms with E-state index in [9.17, 15) is 4.79 Å². The van der Waals surface area contributed by atoms with Gasteiger partial charge in [-0.3, -0.25) is 0 Å². The summed E-state index contributed by atoms with van der Waals surface area (Å²) in [6.45, 7) is 4.76. The maximum Gasteiger partial charge on any atom is 0.406 e. The van der Waals surface area contributed by atoms with Gasteiger partial charge in [0.25, 0.3) is 0 Å². The van der Waals surface area contributed by atoms with Crippen LogP contribution in [0.2, 0.25) is 0 Å². The second kappa shape index (κ2) is 10.9. The first kappa shape index (κ1) is 18.3. The van der Waals surface area contributed by atoms with Gasteiger partial charge < -0.3 is 24.3 Å². The maximum atomic E-state index is 11.1. The molecule has 0 saturated carbocycles. The van der Waals surface area contributed by atoms with E-state index in [4.69, 9.17) is 14.2 Å². The van der Waals surface area contributed by atoms with Crippen molar-refractivity contribution in [3.63, 3.8) is 0 Å². The van der Waals surface area contributed by atoms with Crippen molar-refractivity contribution in [3.05, 3.63) is 29.3 Å². The molecule has 1 N–H and O–H groups in total. The molecule has 6 nitrogen and oxygen atoms in total. The Balaban J connectivity index is 2.55. The molecule has 1 aromatic rings. The van der Waals surface area contributed by atoms with Gasteiger partial charge >= 0.3 is 6.09 Å². The van der Waals surface area contributed by atoms with Crippen LogP contribution in [0.3, 0.4) is 0 Å². The highest BCUT2D eigenvalue weighted by atomic mass is 16.5. The zero-order valence-corrected chi connectivity index (χ0v) is 13.5. The average molecular weight is 311 g/mol. The second-order valence-electron chi connectivity index (χ2n) is 4.55. The van der Waals surface area contributed by atoms with Gasteiger partial charge in [-0.05, 0) is 36.6 Å². The Hall–Kier alpha value is -1.79. The van der Waals surface area contributed by atoms with Gasteiger partial charge in [0.1, 0.15) is 5.75 Å². The van der Waals surface area contributed by atoms with Crippen LogP contribution in [0.15, 0.2) is 18.2 Å². The van der Waals surface area contributed by atoms with E-state index in [1.807, 2.05) is 25.1 Å². The zero-order chi connectivity index (χ0) is 16.2.